The number of rotatable bonds is 6. The lowest BCUT2D eigenvalue weighted by molar-refractivity contribution is -0.384. The predicted octanol–water partition coefficient (Wildman–Crippen LogP) is 4.61. The van der Waals surface area contributed by atoms with Crippen LogP contribution >= 0.6 is 12.2 Å². The van der Waals surface area contributed by atoms with Crippen molar-refractivity contribution in [1.82, 2.24) is 5.32 Å². The maximum atomic E-state index is 12.4. The minimum Gasteiger partial charge on any atom is -0.489 e. The molecule has 2 N–H and O–H groups in total. The Bertz CT molecular complexity index is 1070. The first-order valence-electron chi connectivity index (χ1n) is 9.06. The highest BCUT2D eigenvalue weighted by molar-refractivity contribution is 7.80. The SMILES string of the molecule is Cc1ccc([N+](=O)[O-])cc1NC(=S)NC(=O)c1ccc(OCc2ccccc2)cc1. The Morgan fingerprint density at radius 2 is 1.77 bits per heavy atom. The summed E-state index contributed by atoms with van der Waals surface area (Å²) in [4.78, 5) is 22.8. The van der Waals surface area contributed by atoms with E-state index in [9.17, 15) is 14.9 Å². The Morgan fingerprint density at radius 3 is 2.43 bits per heavy atom. The molecule has 7 nitrogen and oxygen atoms in total. The van der Waals surface area contributed by atoms with Gasteiger partial charge in [0.15, 0.2) is 5.11 Å². The van der Waals surface area contributed by atoms with E-state index in [4.69, 9.17) is 17.0 Å². The first kappa shape index (κ1) is 20.9. The second-order valence-electron chi connectivity index (χ2n) is 6.46. The molecule has 0 unspecified atom stereocenters. The summed E-state index contributed by atoms with van der Waals surface area (Å²) in [6.07, 6.45) is 0. The first-order valence-corrected chi connectivity index (χ1v) is 9.47. The highest BCUT2D eigenvalue weighted by Gasteiger charge is 2.12. The summed E-state index contributed by atoms with van der Waals surface area (Å²) < 4.78 is 5.71. The number of carbonyl (C=O) groups excluding carboxylic acids is 1. The van der Waals surface area contributed by atoms with Crippen LogP contribution in [0.2, 0.25) is 0 Å². The van der Waals surface area contributed by atoms with Crippen LogP contribution in [0.5, 0.6) is 5.75 Å². The zero-order valence-corrected chi connectivity index (χ0v) is 16.9. The van der Waals surface area contributed by atoms with Crippen molar-refractivity contribution in [3.63, 3.8) is 0 Å². The molecule has 0 aliphatic heterocycles. The van der Waals surface area contributed by atoms with Crippen LogP contribution in [0.15, 0.2) is 72.8 Å². The molecule has 0 bridgehead atoms. The number of nitro benzene ring substituents is 1. The number of anilines is 1. The standard InChI is InChI=1S/C22H19N3O4S/c1-15-7-10-18(25(27)28)13-20(15)23-22(30)24-21(26)17-8-11-19(12-9-17)29-14-16-5-3-2-4-6-16/h2-13H,14H2,1H3,(H2,23,24,26,30). The second kappa shape index (κ2) is 9.62. The molecule has 0 heterocycles. The largest absolute Gasteiger partial charge is 0.489 e. The third-order valence-corrected chi connectivity index (χ3v) is 4.48. The number of non-ortho nitro benzene ring substituents is 1. The van der Waals surface area contributed by atoms with Crippen molar-refractivity contribution in [2.24, 2.45) is 0 Å². The molecule has 3 aromatic carbocycles. The zero-order chi connectivity index (χ0) is 21.5. The van der Waals surface area contributed by atoms with Crippen molar-refractivity contribution in [3.05, 3.63) is 99.6 Å². The summed E-state index contributed by atoms with van der Waals surface area (Å²) in [5, 5.41) is 16.4. The van der Waals surface area contributed by atoms with E-state index in [0.29, 0.717) is 23.6 Å². The average molecular weight is 421 g/mol. The van der Waals surface area contributed by atoms with Crippen molar-refractivity contribution in [2.75, 3.05) is 5.32 Å². The Hall–Kier alpha value is -3.78. The summed E-state index contributed by atoms with van der Waals surface area (Å²) in [5.74, 6) is 0.244. The number of carbonyl (C=O) groups is 1. The first-order chi connectivity index (χ1) is 14.4. The lowest BCUT2D eigenvalue weighted by atomic mass is 10.2. The lowest BCUT2D eigenvalue weighted by Gasteiger charge is -2.12. The van der Waals surface area contributed by atoms with E-state index in [2.05, 4.69) is 10.6 Å². The molecular weight excluding hydrogens is 402 g/mol. The number of ether oxygens (including phenoxy) is 1. The average Bonchev–Trinajstić information content (AvgIpc) is 2.74. The van der Waals surface area contributed by atoms with Gasteiger partial charge in [-0.25, -0.2) is 0 Å². The number of nitro groups is 1. The molecule has 152 valence electrons. The lowest BCUT2D eigenvalue weighted by Crippen LogP contribution is -2.34. The van der Waals surface area contributed by atoms with E-state index in [1.165, 1.54) is 12.1 Å². The molecule has 0 aliphatic rings. The van der Waals surface area contributed by atoms with Crippen molar-refractivity contribution in [2.45, 2.75) is 13.5 Å². The number of amides is 1. The van der Waals surface area contributed by atoms with Gasteiger partial charge in [0.25, 0.3) is 11.6 Å². The van der Waals surface area contributed by atoms with Gasteiger partial charge in [-0.3, -0.25) is 20.2 Å². The number of hydrogen-bond donors (Lipinski definition) is 2. The Labute approximate surface area is 178 Å². The molecule has 3 rings (SSSR count). The molecule has 0 atom stereocenters. The van der Waals surface area contributed by atoms with Crippen molar-refractivity contribution in [1.29, 1.82) is 0 Å². The van der Waals surface area contributed by atoms with Crippen molar-refractivity contribution >= 4 is 34.6 Å². The van der Waals surface area contributed by atoms with Gasteiger partial charge in [-0.2, -0.15) is 0 Å². The van der Waals surface area contributed by atoms with Crippen LogP contribution in [-0.4, -0.2) is 15.9 Å². The Morgan fingerprint density at radius 1 is 1.07 bits per heavy atom. The van der Waals surface area contributed by atoms with Gasteiger partial charge in [0.05, 0.1) is 4.92 Å². The molecule has 0 saturated carbocycles. The number of benzene rings is 3. The summed E-state index contributed by atoms with van der Waals surface area (Å²) in [6.45, 7) is 2.22. The van der Waals surface area contributed by atoms with E-state index in [1.54, 1.807) is 37.3 Å². The summed E-state index contributed by atoms with van der Waals surface area (Å²) >= 11 is 5.16. The third kappa shape index (κ3) is 5.62. The summed E-state index contributed by atoms with van der Waals surface area (Å²) in [7, 11) is 0. The molecule has 0 aliphatic carbocycles. The molecule has 0 aromatic heterocycles. The van der Waals surface area contributed by atoms with Gasteiger partial charge in [0, 0.05) is 23.4 Å². The normalized spacial score (nSPS) is 10.2. The van der Waals surface area contributed by atoms with Crippen LogP contribution in [0.4, 0.5) is 11.4 Å². The Kier molecular flexibility index (Phi) is 6.71. The van der Waals surface area contributed by atoms with E-state index < -0.39 is 10.8 Å². The number of aryl methyl sites for hydroxylation is 1. The molecular formula is C22H19N3O4S. The summed E-state index contributed by atoms with van der Waals surface area (Å²) in [6, 6.07) is 20.8. The zero-order valence-electron chi connectivity index (χ0n) is 16.1. The quantitative estimate of drug-likeness (QED) is 0.343. The van der Waals surface area contributed by atoms with Crippen LogP contribution in [0.3, 0.4) is 0 Å². The van der Waals surface area contributed by atoms with E-state index >= 15 is 0 Å². The topological polar surface area (TPSA) is 93.5 Å². The van der Waals surface area contributed by atoms with Gasteiger partial charge < -0.3 is 10.1 Å². The van der Waals surface area contributed by atoms with Crippen LogP contribution in [0.1, 0.15) is 21.5 Å². The monoisotopic (exact) mass is 421 g/mol. The van der Waals surface area contributed by atoms with Crippen LogP contribution in [-0.2, 0) is 6.61 Å². The fourth-order valence-electron chi connectivity index (χ4n) is 2.63. The van der Waals surface area contributed by atoms with Gasteiger partial charge in [0.2, 0.25) is 0 Å². The van der Waals surface area contributed by atoms with Gasteiger partial charge in [-0.1, -0.05) is 36.4 Å². The van der Waals surface area contributed by atoms with Gasteiger partial charge in [-0.15, -0.1) is 0 Å². The Balaban J connectivity index is 1.57. The van der Waals surface area contributed by atoms with Crippen molar-refractivity contribution in [3.8, 4) is 5.75 Å². The minimum absolute atomic E-state index is 0.0491. The fourth-order valence-corrected chi connectivity index (χ4v) is 2.83. The highest BCUT2D eigenvalue weighted by Crippen LogP contribution is 2.22. The molecule has 1 amide bonds. The molecule has 0 fully saturated rings. The van der Waals surface area contributed by atoms with Crippen LogP contribution < -0.4 is 15.4 Å². The number of nitrogens with zero attached hydrogens (tertiary/aromatic N) is 1. The molecule has 0 spiro atoms. The van der Waals surface area contributed by atoms with Gasteiger partial charge in [-0.05, 0) is 54.5 Å². The highest BCUT2D eigenvalue weighted by atomic mass is 32.1. The fraction of sp³-hybridized carbons (Fsp3) is 0.0909. The van der Waals surface area contributed by atoms with Gasteiger partial charge >= 0.3 is 0 Å². The molecule has 8 heteroatoms. The number of thiocarbonyl (C=S) groups is 1. The second-order valence-corrected chi connectivity index (χ2v) is 6.87. The van der Waals surface area contributed by atoms with E-state index in [1.807, 2.05) is 30.3 Å². The molecule has 0 saturated heterocycles. The van der Waals surface area contributed by atoms with Crippen LogP contribution in [0.25, 0.3) is 0 Å². The summed E-state index contributed by atoms with van der Waals surface area (Å²) in [5.41, 5.74) is 2.61. The molecule has 30 heavy (non-hydrogen) atoms. The smallest absolute Gasteiger partial charge is 0.271 e. The van der Waals surface area contributed by atoms with E-state index in [0.717, 1.165) is 11.1 Å². The number of nitrogens with one attached hydrogen (secondary N) is 2. The third-order valence-electron chi connectivity index (χ3n) is 4.27. The maximum absolute atomic E-state index is 12.4. The number of hydrogen-bond acceptors (Lipinski definition) is 5. The van der Waals surface area contributed by atoms with Crippen molar-refractivity contribution < 1.29 is 14.5 Å². The molecule has 0 radical (unpaired) electrons. The van der Waals surface area contributed by atoms with Gasteiger partial charge in [0.1, 0.15) is 12.4 Å². The van der Waals surface area contributed by atoms with E-state index in [-0.39, 0.29) is 10.8 Å². The minimum atomic E-state index is -0.492. The predicted molar refractivity (Wildman–Crippen MR) is 119 cm³/mol. The maximum Gasteiger partial charge on any atom is 0.271 e. The molecule has 3 aromatic rings. The van der Waals surface area contributed by atoms with Crippen LogP contribution in [0, 0.1) is 17.0 Å².